The Morgan fingerprint density at radius 2 is 2.00 bits per heavy atom. The molecule has 1 aromatic carbocycles. The van der Waals surface area contributed by atoms with Crippen LogP contribution in [0.3, 0.4) is 0 Å². The second-order valence-electron chi connectivity index (χ2n) is 4.78. The first kappa shape index (κ1) is 14.0. The Bertz CT molecular complexity index is 385. The SMILES string of the molecule is CC(C)(C)C(=O)NCCOc1ccccc1Br. The minimum atomic E-state index is -0.354. The topological polar surface area (TPSA) is 38.3 Å². The van der Waals surface area contributed by atoms with Gasteiger partial charge in [-0.2, -0.15) is 0 Å². The largest absolute Gasteiger partial charge is 0.491 e. The summed E-state index contributed by atoms with van der Waals surface area (Å²) in [6.45, 7) is 6.63. The Morgan fingerprint density at radius 1 is 1.35 bits per heavy atom. The number of carbonyl (C=O) groups excluding carboxylic acids is 1. The molecule has 0 saturated carbocycles. The standard InChI is InChI=1S/C13H18BrNO2/c1-13(2,3)12(16)15-8-9-17-11-7-5-4-6-10(11)14/h4-7H,8-9H2,1-3H3,(H,15,16). The number of hydrogen-bond acceptors (Lipinski definition) is 2. The Kier molecular flexibility index (Phi) is 5.00. The normalized spacial score (nSPS) is 11.1. The van der Waals surface area contributed by atoms with Crippen molar-refractivity contribution in [3.05, 3.63) is 28.7 Å². The smallest absolute Gasteiger partial charge is 0.225 e. The summed E-state index contributed by atoms with van der Waals surface area (Å²) in [5.41, 5.74) is -0.354. The molecule has 1 rings (SSSR count). The number of benzene rings is 1. The molecule has 0 fully saturated rings. The molecule has 0 aliphatic heterocycles. The fourth-order valence-electron chi connectivity index (χ4n) is 1.15. The summed E-state index contributed by atoms with van der Waals surface area (Å²) in [5, 5.41) is 2.83. The van der Waals surface area contributed by atoms with Gasteiger partial charge in [-0.1, -0.05) is 32.9 Å². The van der Waals surface area contributed by atoms with Crippen molar-refractivity contribution in [3.63, 3.8) is 0 Å². The minimum Gasteiger partial charge on any atom is -0.491 e. The van der Waals surface area contributed by atoms with Crippen molar-refractivity contribution in [2.24, 2.45) is 5.41 Å². The van der Waals surface area contributed by atoms with E-state index in [1.165, 1.54) is 0 Å². The molecule has 0 saturated heterocycles. The quantitative estimate of drug-likeness (QED) is 0.868. The van der Waals surface area contributed by atoms with E-state index in [1.807, 2.05) is 45.0 Å². The molecule has 1 N–H and O–H groups in total. The van der Waals surface area contributed by atoms with Gasteiger partial charge < -0.3 is 10.1 Å². The lowest BCUT2D eigenvalue weighted by Gasteiger charge is -2.17. The second-order valence-corrected chi connectivity index (χ2v) is 5.64. The Balaban J connectivity index is 2.30. The predicted molar refractivity (Wildman–Crippen MR) is 72.1 cm³/mol. The van der Waals surface area contributed by atoms with E-state index >= 15 is 0 Å². The maximum Gasteiger partial charge on any atom is 0.225 e. The molecule has 3 nitrogen and oxygen atoms in total. The van der Waals surface area contributed by atoms with Crippen LogP contribution in [0.4, 0.5) is 0 Å². The van der Waals surface area contributed by atoms with Crippen LogP contribution in [0, 0.1) is 5.41 Å². The van der Waals surface area contributed by atoms with Gasteiger partial charge in [0, 0.05) is 5.41 Å². The van der Waals surface area contributed by atoms with Gasteiger partial charge in [-0.25, -0.2) is 0 Å². The fourth-order valence-corrected chi connectivity index (χ4v) is 1.55. The zero-order valence-electron chi connectivity index (χ0n) is 10.4. The number of ether oxygens (including phenoxy) is 1. The molecule has 0 radical (unpaired) electrons. The summed E-state index contributed by atoms with van der Waals surface area (Å²) >= 11 is 3.40. The van der Waals surface area contributed by atoms with E-state index in [9.17, 15) is 4.79 Å². The van der Waals surface area contributed by atoms with Crippen LogP contribution in [0.1, 0.15) is 20.8 Å². The number of para-hydroxylation sites is 1. The van der Waals surface area contributed by atoms with Gasteiger partial charge in [0.15, 0.2) is 0 Å². The molecular weight excluding hydrogens is 282 g/mol. The average molecular weight is 300 g/mol. The van der Waals surface area contributed by atoms with Gasteiger partial charge in [-0.05, 0) is 28.1 Å². The van der Waals surface area contributed by atoms with Crippen LogP contribution < -0.4 is 10.1 Å². The maximum absolute atomic E-state index is 11.6. The van der Waals surface area contributed by atoms with Crippen molar-refractivity contribution >= 4 is 21.8 Å². The van der Waals surface area contributed by atoms with Crippen molar-refractivity contribution in [2.75, 3.05) is 13.2 Å². The van der Waals surface area contributed by atoms with Crippen LogP contribution in [0.25, 0.3) is 0 Å². The molecule has 0 atom stereocenters. The molecule has 17 heavy (non-hydrogen) atoms. The number of halogens is 1. The van der Waals surface area contributed by atoms with Crippen LogP contribution in [0.2, 0.25) is 0 Å². The molecule has 0 spiro atoms. The third kappa shape index (κ3) is 4.77. The van der Waals surface area contributed by atoms with Crippen molar-refractivity contribution in [2.45, 2.75) is 20.8 Å². The molecule has 0 heterocycles. The van der Waals surface area contributed by atoms with Gasteiger partial charge >= 0.3 is 0 Å². The van der Waals surface area contributed by atoms with Crippen LogP contribution >= 0.6 is 15.9 Å². The molecule has 1 amide bonds. The van der Waals surface area contributed by atoms with E-state index in [-0.39, 0.29) is 11.3 Å². The van der Waals surface area contributed by atoms with Gasteiger partial charge in [0.05, 0.1) is 11.0 Å². The first-order chi connectivity index (χ1) is 7.91. The van der Waals surface area contributed by atoms with Crippen molar-refractivity contribution < 1.29 is 9.53 Å². The summed E-state index contributed by atoms with van der Waals surface area (Å²) in [6.07, 6.45) is 0. The summed E-state index contributed by atoms with van der Waals surface area (Å²) in [5.74, 6) is 0.825. The van der Waals surface area contributed by atoms with E-state index in [0.29, 0.717) is 13.2 Å². The van der Waals surface area contributed by atoms with Gasteiger partial charge in [-0.3, -0.25) is 4.79 Å². The second kappa shape index (κ2) is 6.05. The highest BCUT2D eigenvalue weighted by atomic mass is 79.9. The zero-order chi connectivity index (χ0) is 12.9. The molecule has 0 aliphatic carbocycles. The van der Waals surface area contributed by atoms with Gasteiger partial charge in [0.2, 0.25) is 5.91 Å². The van der Waals surface area contributed by atoms with Crippen LogP contribution in [-0.2, 0) is 4.79 Å². The lowest BCUT2D eigenvalue weighted by Crippen LogP contribution is -2.37. The first-order valence-corrected chi connectivity index (χ1v) is 6.36. The van der Waals surface area contributed by atoms with E-state index in [0.717, 1.165) is 10.2 Å². The Morgan fingerprint density at radius 3 is 2.59 bits per heavy atom. The highest BCUT2D eigenvalue weighted by molar-refractivity contribution is 9.10. The van der Waals surface area contributed by atoms with E-state index in [1.54, 1.807) is 0 Å². The summed E-state index contributed by atoms with van der Waals surface area (Å²) in [6, 6.07) is 7.64. The molecule has 1 aromatic rings. The van der Waals surface area contributed by atoms with Crippen molar-refractivity contribution in [1.82, 2.24) is 5.32 Å². The Hall–Kier alpha value is -1.03. The van der Waals surface area contributed by atoms with E-state index < -0.39 is 0 Å². The first-order valence-electron chi connectivity index (χ1n) is 5.57. The molecule has 0 aliphatic rings. The maximum atomic E-state index is 11.6. The molecule has 4 heteroatoms. The third-order valence-electron chi connectivity index (χ3n) is 2.16. The van der Waals surface area contributed by atoms with Crippen molar-refractivity contribution in [1.29, 1.82) is 0 Å². The van der Waals surface area contributed by atoms with Crippen LogP contribution in [-0.4, -0.2) is 19.1 Å². The number of carbonyl (C=O) groups is 1. The van der Waals surface area contributed by atoms with Gasteiger partial charge in [-0.15, -0.1) is 0 Å². The average Bonchev–Trinajstić information content (AvgIpc) is 2.25. The number of rotatable bonds is 4. The van der Waals surface area contributed by atoms with Gasteiger partial charge in [0.1, 0.15) is 12.4 Å². The zero-order valence-corrected chi connectivity index (χ0v) is 12.0. The third-order valence-corrected chi connectivity index (χ3v) is 2.82. The number of amides is 1. The summed E-state index contributed by atoms with van der Waals surface area (Å²) in [7, 11) is 0. The molecule has 94 valence electrons. The summed E-state index contributed by atoms with van der Waals surface area (Å²) in [4.78, 5) is 11.6. The van der Waals surface area contributed by atoms with Crippen LogP contribution in [0.15, 0.2) is 28.7 Å². The molecular formula is C13H18BrNO2. The minimum absolute atomic E-state index is 0.0354. The lowest BCUT2D eigenvalue weighted by molar-refractivity contribution is -0.128. The number of nitrogens with one attached hydrogen (secondary N) is 1. The fraction of sp³-hybridized carbons (Fsp3) is 0.462. The summed E-state index contributed by atoms with van der Waals surface area (Å²) < 4.78 is 6.46. The van der Waals surface area contributed by atoms with E-state index in [4.69, 9.17) is 4.74 Å². The highest BCUT2D eigenvalue weighted by Crippen LogP contribution is 2.23. The van der Waals surface area contributed by atoms with Crippen molar-refractivity contribution in [3.8, 4) is 5.75 Å². The lowest BCUT2D eigenvalue weighted by atomic mass is 9.96. The number of hydrogen-bond donors (Lipinski definition) is 1. The molecule has 0 unspecified atom stereocenters. The Labute approximate surface area is 111 Å². The van der Waals surface area contributed by atoms with E-state index in [2.05, 4.69) is 21.2 Å². The van der Waals surface area contributed by atoms with Gasteiger partial charge in [0.25, 0.3) is 0 Å². The predicted octanol–water partition coefficient (Wildman–Crippen LogP) is 2.99. The molecule has 0 aromatic heterocycles. The highest BCUT2D eigenvalue weighted by Gasteiger charge is 2.20. The monoisotopic (exact) mass is 299 g/mol. The van der Waals surface area contributed by atoms with Crippen LogP contribution in [0.5, 0.6) is 5.75 Å². The molecule has 0 bridgehead atoms.